The molecule has 3 aliphatic rings. The van der Waals surface area contributed by atoms with Crippen molar-refractivity contribution in [3.8, 4) is 0 Å². The topological polar surface area (TPSA) is 90.5 Å². The zero-order chi connectivity index (χ0) is 24.4. The lowest BCUT2D eigenvalue weighted by Gasteiger charge is -2.36. The van der Waals surface area contributed by atoms with Crippen molar-refractivity contribution in [3.63, 3.8) is 0 Å². The fourth-order valence-corrected chi connectivity index (χ4v) is 5.09. The van der Waals surface area contributed by atoms with Crippen molar-refractivity contribution in [2.45, 2.75) is 12.8 Å². The van der Waals surface area contributed by atoms with Gasteiger partial charge in [-0.2, -0.15) is 0 Å². The van der Waals surface area contributed by atoms with Crippen molar-refractivity contribution >= 4 is 34.4 Å². The van der Waals surface area contributed by atoms with E-state index >= 15 is 0 Å². The van der Waals surface area contributed by atoms with Gasteiger partial charge in [-0.15, -0.1) is 0 Å². The Bertz CT molecular complexity index is 1100. The number of piperazine rings is 1. The highest BCUT2D eigenvalue weighted by Gasteiger charge is 2.32. The molecule has 0 atom stereocenters. The molecule has 0 aliphatic carbocycles. The summed E-state index contributed by atoms with van der Waals surface area (Å²) >= 11 is 0. The van der Waals surface area contributed by atoms with Crippen molar-refractivity contribution in [2.75, 3.05) is 65.6 Å². The second-order valence-electron chi connectivity index (χ2n) is 9.22. The average Bonchev–Trinajstić information content (AvgIpc) is 2.89. The minimum atomic E-state index is -0.306. The molecule has 2 aromatic carbocycles. The van der Waals surface area contributed by atoms with Crippen LogP contribution in [0.3, 0.4) is 0 Å². The summed E-state index contributed by atoms with van der Waals surface area (Å²) in [6.07, 6.45) is 0.662. The lowest BCUT2D eigenvalue weighted by Crippen LogP contribution is -2.53. The molecule has 0 radical (unpaired) electrons. The van der Waals surface area contributed by atoms with Gasteiger partial charge in [0, 0.05) is 68.7 Å². The van der Waals surface area contributed by atoms with E-state index < -0.39 is 0 Å². The highest BCUT2D eigenvalue weighted by atomic mass is 16.5. The molecule has 4 amide bonds. The zero-order valence-corrected chi connectivity index (χ0v) is 19.8. The van der Waals surface area contributed by atoms with Crippen LogP contribution in [0.15, 0.2) is 36.4 Å². The third-order valence-corrected chi connectivity index (χ3v) is 7.08. The van der Waals surface area contributed by atoms with Crippen LogP contribution in [-0.4, -0.2) is 109 Å². The van der Waals surface area contributed by atoms with Gasteiger partial charge < -0.3 is 14.5 Å². The van der Waals surface area contributed by atoms with Crippen LogP contribution in [-0.2, 0) is 14.3 Å². The smallest absolute Gasteiger partial charge is 0.261 e. The maximum absolute atomic E-state index is 13.0. The molecule has 184 valence electrons. The number of hydrogen-bond acceptors (Lipinski definition) is 6. The summed E-state index contributed by atoms with van der Waals surface area (Å²) < 4.78 is 5.33. The number of morpholine rings is 1. The Morgan fingerprint density at radius 2 is 1.34 bits per heavy atom. The molecule has 9 heteroatoms. The second kappa shape index (κ2) is 10.1. The summed E-state index contributed by atoms with van der Waals surface area (Å²) in [4.78, 5) is 58.3. The minimum Gasteiger partial charge on any atom is -0.379 e. The third kappa shape index (κ3) is 4.78. The van der Waals surface area contributed by atoms with E-state index in [0.29, 0.717) is 68.9 Å². The first-order valence-corrected chi connectivity index (χ1v) is 12.3. The van der Waals surface area contributed by atoms with Gasteiger partial charge >= 0.3 is 0 Å². The largest absolute Gasteiger partial charge is 0.379 e. The molecule has 0 N–H and O–H groups in total. The SMILES string of the molecule is O=C(CCCN1C(=O)c2cccc3cccc(c23)C1=O)N1CCN(C(=O)CN2CCOCC2)CC1. The van der Waals surface area contributed by atoms with Gasteiger partial charge in [0.05, 0.1) is 19.8 Å². The first-order valence-electron chi connectivity index (χ1n) is 12.3. The fraction of sp³-hybridized carbons (Fsp3) is 0.462. The summed E-state index contributed by atoms with van der Waals surface area (Å²) in [5.41, 5.74) is 1.06. The Kier molecular flexibility index (Phi) is 6.79. The van der Waals surface area contributed by atoms with Crippen molar-refractivity contribution in [1.82, 2.24) is 19.6 Å². The molecule has 2 saturated heterocycles. The summed E-state index contributed by atoms with van der Waals surface area (Å²) in [5.74, 6) is -0.528. The number of ether oxygens (including phenoxy) is 1. The number of benzene rings is 2. The van der Waals surface area contributed by atoms with Gasteiger partial charge in [-0.05, 0) is 23.9 Å². The number of amides is 4. The molecule has 5 rings (SSSR count). The van der Waals surface area contributed by atoms with Crippen LogP contribution in [0.4, 0.5) is 0 Å². The molecule has 0 saturated carbocycles. The highest BCUT2D eigenvalue weighted by molar-refractivity contribution is 6.25. The van der Waals surface area contributed by atoms with Crippen molar-refractivity contribution in [3.05, 3.63) is 47.5 Å². The Labute approximate surface area is 204 Å². The maximum atomic E-state index is 13.0. The standard InChI is InChI=1S/C26H30N4O5/c31-22(28-10-12-29(13-11-28)23(32)18-27-14-16-35-17-15-27)8-3-9-30-25(33)20-6-1-4-19-5-2-7-21(24(19)20)26(30)34/h1-2,4-7H,3,8-18H2. The van der Waals surface area contributed by atoms with Crippen LogP contribution in [0.2, 0.25) is 0 Å². The molecule has 3 aliphatic heterocycles. The van der Waals surface area contributed by atoms with Crippen LogP contribution in [0, 0.1) is 0 Å². The Hall–Kier alpha value is -3.30. The van der Waals surface area contributed by atoms with Gasteiger partial charge in [0.1, 0.15) is 0 Å². The molecule has 9 nitrogen and oxygen atoms in total. The van der Waals surface area contributed by atoms with Gasteiger partial charge in [-0.3, -0.25) is 29.0 Å². The molecule has 2 fully saturated rings. The molecular formula is C26H30N4O5. The van der Waals surface area contributed by atoms with Gasteiger partial charge in [0.15, 0.2) is 0 Å². The molecule has 0 bridgehead atoms. The van der Waals surface area contributed by atoms with Gasteiger partial charge in [-0.25, -0.2) is 0 Å². The van der Waals surface area contributed by atoms with Gasteiger partial charge in [0.25, 0.3) is 11.8 Å². The van der Waals surface area contributed by atoms with E-state index in [1.807, 2.05) is 29.2 Å². The van der Waals surface area contributed by atoms with Gasteiger partial charge in [0.2, 0.25) is 11.8 Å². The third-order valence-electron chi connectivity index (χ3n) is 7.08. The molecule has 2 aromatic rings. The van der Waals surface area contributed by atoms with Crippen LogP contribution in [0.25, 0.3) is 10.8 Å². The first kappa shape index (κ1) is 23.4. The predicted molar refractivity (Wildman–Crippen MR) is 129 cm³/mol. The fourth-order valence-electron chi connectivity index (χ4n) is 5.09. The molecule has 3 heterocycles. The first-order chi connectivity index (χ1) is 17.0. The number of rotatable bonds is 6. The summed E-state index contributed by atoms with van der Waals surface area (Å²) in [6.45, 7) is 5.52. The number of hydrogen-bond donors (Lipinski definition) is 0. The van der Waals surface area contributed by atoms with E-state index in [1.165, 1.54) is 4.90 Å². The molecule has 0 unspecified atom stereocenters. The van der Waals surface area contributed by atoms with Crippen molar-refractivity contribution < 1.29 is 23.9 Å². The highest BCUT2D eigenvalue weighted by Crippen LogP contribution is 2.30. The predicted octanol–water partition coefficient (Wildman–Crippen LogP) is 1.22. The van der Waals surface area contributed by atoms with Crippen LogP contribution >= 0.6 is 0 Å². The van der Waals surface area contributed by atoms with E-state index in [4.69, 9.17) is 4.74 Å². The summed E-state index contributed by atoms with van der Waals surface area (Å²) in [7, 11) is 0. The quantitative estimate of drug-likeness (QED) is 0.580. The summed E-state index contributed by atoms with van der Waals surface area (Å²) in [6, 6.07) is 10.9. The van der Waals surface area contributed by atoms with Crippen molar-refractivity contribution in [1.29, 1.82) is 0 Å². The molecule has 0 aromatic heterocycles. The van der Waals surface area contributed by atoms with Gasteiger partial charge in [-0.1, -0.05) is 24.3 Å². The average molecular weight is 479 g/mol. The number of carbonyl (C=O) groups excluding carboxylic acids is 4. The van der Waals surface area contributed by atoms with Crippen molar-refractivity contribution in [2.24, 2.45) is 0 Å². The molecular weight excluding hydrogens is 448 g/mol. The normalized spacial score (nSPS) is 18.9. The summed E-state index contributed by atoms with van der Waals surface area (Å²) in [5, 5.41) is 1.58. The monoisotopic (exact) mass is 478 g/mol. The molecule has 35 heavy (non-hydrogen) atoms. The lowest BCUT2D eigenvalue weighted by molar-refractivity contribution is -0.140. The minimum absolute atomic E-state index is 0.00955. The van der Waals surface area contributed by atoms with Crippen LogP contribution in [0.1, 0.15) is 33.6 Å². The van der Waals surface area contributed by atoms with E-state index in [0.717, 1.165) is 18.5 Å². The van der Waals surface area contributed by atoms with E-state index in [-0.39, 0.29) is 36.6 Å². The number of imide groups is 1. The Morgan fingerprint density at radius 1 is 0.771 bits per heavy atom. The van der Waals surface area contributed by atoms with Crippen LogP contribution < -0.4 is 0 Å². The second-order valence-corrected chi connectivity index (χ2v) is 9.22. The van der Waals surface area contributed by atoms with E-state index in [1.54, 1.807) is 17.0 Å². The lowest BCUT2D eigenvalue weighted by atomic mass is 9.94. The Morgan fingerprint density at radius 3 is 1.94 bits per heavy atom. The number of nitrogens with zero attached hydrogens (tertiary/aromatic N) is 4. The van der Waals surface area contributed by atoms with E-state index in [9.17, 15) is 19.2 Å². The van der Waals surface area contributed by atoms with Crippen LogP contribution in [0.5, 0.6) is 0 Å². The Balaban J connectivity index is 1.10. The maximum Gasteiger partial charge on any atom is 0.261 e. The van der Waals surface area contributed by atoms with E-state index in [2.05, 4.69) is 4.90 Å². The number of carbonyl (C=O) groups is 4. The molecule has 0 spiro atoms. The zero-order valence-electron chi connectivity index (χ0n) is 19.8.